The minimum Gasteiger partial charge on any atom is -0.507 e. The zero-order valence-corrected chi connectivity index (χ0v) is 9.16. The van der Waals surface area contributed by atoms with Crippen molar-refractivity contribution in [2.24, 2.45) is 5.73 Å². The summed E-state index contributed by atoms with van der Waals surface area (Å²) in [5.74, 6) is 0.0344. The monoisotopic (exact) mass is 227 g/mol. The second-order valence-corrected chi connectivity index (χ2v) is 5.15. The quantitative estimate of drug-likeness (QED) is 0.799. The topological polar surface area (TPSA) is 80.4 Å². The lowest BCUT2D eigenvalue weighted by Crippen LogP contribution is -1.97. The van der Waals surface area contributed by atoms with Gasteiger partial charge in [-0.05, 0) is 18.2 Å². The molecule has 0 bridgehead atoms. The Morgan fingerprint density at radius 1 is 1.47 bits per heavy atom. The van der Waals surface area contributed by atoms with E-state index in [-0.39, 0.29) is 10.6 Å². The average Bonchev–Trinajstić information content (AvgIpc) is 2.15. The Labute approximate surface area is 89.0 Å². The number of sulfone groups is 1. The van der Waals surface area contributed by atoms with E-state index in [1.807, 2.05) is 0 Å². The average molecular weight is 227 g/mol. The molecule has 5 heteroatoms. The summed E-state index contributed by atoms with van der Waals surface area (Å²) in [5.41, 5.74) is 5.71. The van der Waals surface area contributed by atoms with Gasteiger partial charge in [0.2, 0.25) is 0 Å². The van der Waals surface area contributed by atoms with Crippen molar-refractivity contribution < 1.29 is 13.5 Å². The van der Waals surface area contributed by atoms with E-state index in [1.54, 1.807) is 12.2 Å². The van der Waals surface area contributed by atoms with Gasteiger partial charge in [0.25, 0.3) is 0 Å². The van der Waals surface area contributed by atoms with Crippen molar-refractivity contribution in [2.75, 3.05) is 12.8 Å². The summed E-state index contributed by atoms with van der Waals surface area (Å²) in [5, 5.41) is 9.44. The second-order valence-electron chi connectivity index (χ2n) is 3.13. The van der Waals surface area contributed by atoms with Crippen molar-refractivity contribution in [1.82, 2.24) is 0 Å². The second kappa shape index (κ2) is 4.46. The highest BCUT2D eigenvalue weighted by Gasteiger charge is 2.08. The Morgan fingerprint density at radius 2 is 2.13 bits per heavy atom. The number of hydrogen-bond donors (Lipinski definition) is 2. The van der Waals surface area contributed by atoms with Crippen molar-refractivity contribution in [2.45, 2.75) is 4.90 Å². The molecule has 15 heavy (non-hydrogen) atoms. The van der Waals surface area contributed by atoms with E-state index in [0.717, 1.165) is 6.26 Å². The maximum atomic E-state index is 11.2. The van der Waals surface area contributed by atoms with Crippen LogP contribution in [0, 0.1) is 0 Å². The van der Waals surface area contributed by atoms with Crippen molar-refractivity contribution in [3.8, 4) is 5.75 Å². The molecule has 0 atom stereocenters. The Balaban J connectivity index is 3.23. The van der Waals surface area contributed by atoms with E-state index in [9.17, 15) is 13.5 Å². The van der Waals surface area contributed by atoms with Gasteiger partial charge in [-0.2, -0.15) is 0 Å². The van der Waals surface area contributed by atoms with Crippen LogP contribution in [0.5, 0.6) is 5.75 Å². The third-order valence-corrected chi connectivity index (χ3v) is 2.97. The van der Waals surface area contributed by atoms with Gasteiger partial charge >= 0.3 is 0 Å². The molecule has 0 heterocycles. The molecule has 0 spiro atoms. The molecule has 0 saturated heterocycles. The predicted octanol–water partition coefficient (Wildman–Crippen LogP) is 0.768. The Hall–Kier alpha value is -1.33. The van der Waals surface area contributed by atoms with Gasteiger partial charge in [0, 0.05) is 18.4 Å². The van der Waals surface area contributed by atoms with E-state index in [0.29, 0.717) is 12.1 Å². The summed E-state index contributed by atoms with van der Waals surface area (Å²) in [6.45, 7) is 0.336. The molecule has 4 nitrogen and oxygen atoms in total. The van der Waals surface area contributed by atoms with Crippen LogP contribution >= 0.6 is 0 Å². The molecule has 1 rings (SSSR count). The fraction of sp³-hybridized carbons (Fsp3) is 0.200. The summed E-state index contributed by atoms with van der Waals surface area (Å²) in [4.78, 5) is 0.178. The fourth-order valence-corrected chi connectivity index (χ4v) is 1.75. The number of phenols is 1. The van der Waals surface area contributed by atoms with Crippen LogP contribution in [0.1, 0.15) is 5.56 Å². The number of phenolic OH excluding ortho intramolecular Hbond substituents is 1. The van der Waals surface area contributed by atoms with Crippen molar-refractivity contribution in [1.29, 1.82) is 0 Å². The smallest absolute Gasteiger partial charge is 0.175 e. The van der Waals surface area contributed by atoms with Crippen LogP contribution in [0.3, 0.4) is 0 Å². The molecule has 0 amide bonds. The van der Waals surface area contributed by atoms with Crippen LogP contribution in [0.25, 0.3) is 6.08 Å². The van der Waals surface area contributed by atoms with Crippen molar-refractivity contribution in [3.05, 3.63) is 29.8 Å². The molecular weight excluding hydrogens is 214 g/mol. The van der Waals surface area contributed by atoms with Crippen LogP contribution in [0.4, 0.5) is 0 Å². The lowest BCUT2D eigenvalue weighted by molar-refractivity contribution is 0.473. The highest BCUT2D eigenvalue weighted by Crippen LogP contribution is 2.22. The molecule has 0 radical (unpaired) electrons. The van der Waals surface area contributed by atoms with Crippen LogP contribution in [-0.4, -0.2) is 26.3 Å². The summed E-state index contributed by atoms with van der Waals surface area (Å²) in [6.07, 6.45) is 4.35. The summed E-state index contributed by atoms with van der Waals surface area (Å²) >= 11 is 0. The van der Waals surface area contributed by atoms with Gasteiger partial charge in [0.1, 0.15) is 5.75 Å². The van der Waals surface area contributed by atoms with Gasteiger partial charge in [-0.3, -0.25) is 0 Å². The Morgan fingerprint density at radius 3 is 2.67 bits per heavy atom. The minimum atomic E-state index is -3.24. The minimum absolute atomic E-state index is 0.0344. The molecule has 3 N–H and O–H groups in total. The van der Waals surface area contributed by atoms with Crippen LogP contribution in [0.15, 0.2) is 29.2 Å². The molecule has 0 aliphatic rings. The lowest BCUT2D eigenvalue weighted by atomic mass is 10.2. The summed E-state index contributed by atoms with van der Waals surface area (Å²) < 4.78 is 22.5. The first-order chi connectivity index (χ1) is 6.95. The zero-order chi connectivity index (χ0) is 11.5. The largest absolute Gasteiger partial charge is 0.507 e. The number of nitrogens with two attached hydrogens (primary N) is 1. The third-order valence-electron chi connectivity index (χ3n) is 1.86. The van der Waals surface area contributed by atoms with Crippen molar-refractivity contribution >= 4 is 15.9 Å². The highest BCUT2D eigenvalue weighted by molar-refractivity contribution is 7.90. The van der Waals surface area contributed by atoms with E-state index < -0.39 is 9.84 Å². The molecule has 0 aliphatic carbocycles. The number of benzene rings is 1. The SMILES string of the molecule is CS(=O)(=O)c1ccc(O)c(/C=C/CN)c1. The lowest BCUT2D eigenvalue weighted by Gasteiger charge is -2.02. The highest BCUT2D eigenvalue weighted by atomic mass is 32.2. The predicted molar refractivity (Wildman–Crippen MR) is 59.3 cm³/mol. The standard InChI is InChI=1S/C10H13NO3S/c1-15(13,14)9-4-5-10(12)8(7-9)3-2-6-11/h2-5,7,12H,6,11H2,1H3/b3-2+. The molecule has 82 valence electrons. The Bertz CT molecular complexity index is 477. The number of rotatable bonds is 3. The van der Waals surface area contributed by atoms with E-state index in [2.05, 4.69) is 0 Å². The van der Waals surface area contributed by atoms with Gasteiger partial charge in [0.15, 0.2) is 9.84 Å². The van der Waals surface area contributed by atoms with E-state index >= 15 is 0 Å². The van der Waals surface area contributed by atoms with Crippen LogP contribution < -0.4 is 5.73 Å². The first-order valence-electron chi connectivity index (χ1n) is 4.35. The fourth-order valence-electron chi connectivity index (χ4n) is 1.09. The molecule has 1 aromatic carbocycles. The first kappa shape index (κ1) is 11.7. The van der Waals surface area contributed by atoms with E-state index in [1.165, 1.54) is 18.2 Å². The molecule has 0 saturated carbocycles. The molecule has 0 unspecified atom stereocenters. The normalized spacial score (nSPS) is 12.1. The molecule has 0 fully saturated rings. The maximum Gasteiger partial charge on any atom is 0.175 e. The summed E-state index contributed by atoms with van der Waals surface area (Å²) in [6, 6.07) is 4.13. The van der Waals surface area contributed by atoms with Gasteiger partial charge in [-0.1, -0.05) is 12.2 Å². The molecule has 0 aromatic heterocycles. The summed E-state index contributed by atoms with van der Waals surface area (Å²) in [7, 11) is -3.24. The van der Waals surface area contributed by atoms with Gasteiger partial charge in [-0.25, -0.2) is 8.42 Å². The van der Waals surface area contributed by atoms with Crippen molar-refractivity contribution in [3.63, 3.8) is 0 Å². The molecule has 1 aromatic rings. The van der Waals surface area contributed by atoms with Gasteiger partial charge < -0.3 is 10.8 Å². The zero-order valence-electron chi connectivity index (χ0n) is 8.34. The van der Waals surface area contributed by atoms with Crippen LogP contribution in [0.2, 0.25) is 0 Å². The van der Waals surface area contributed by atoms with E-state index in [4.69, 9.17) is 5.73 Å². The van der Waals surface area contributed by atoms with Gasteiger partial charge in [0.05, 0.1) is 4.90 Å². The van der Waals surface area contributed by atoms with Gasteiger partial charge in [-0.15, -0.1) is 0 Å². The third kappa shape index (κ3) is 3.07. The maximum absolute atomic E-state index is 11.2. The number of hydrogen-bond acceptors (Lipinski definition) is 4. The number of aromatic hydroxyl groups is 1. The molecular formula is C10H13NO3S. The molecule has 0 aliphatic heterocycles. The Kier molecular flexibility index (Phi) is 3.49. The van der Waals surface area contributed by atoms with Crippen LogP contribution in [-0.2, 0) is 9.84 Å². The first-order valence-corrected chi connectivity index (χ1v) is 6.24.